The van der Waals surface area contributed by atoms with Crippen molar-refractivity contribution in [2.24, 2.45) is 5.73 Å². The van der Waals surface area contributed by atoms with E-state index in [2.05, 4.69) is 18.7 Å². The molecular weight excluding hydrogens is 268 g/mol. The summed E-state index contributed by atoms with van der Waals surface area (Å²) in [6.07, 6.45) is 0. The molecule has 0 radical (unpaired) electrons. The zero-order valence-electron chi connectivity index (χ0n) is 11.7. The van der Waals surface area contributed by atoms with E-state index in [1.54, 1.807) is 0 Å². The van der Waals surface area contributed by atoms with Crippen LogP contribution in [0.4, 0.5) is 11.4 Å². The molecule has 0 fully saturated rings. The maximum atomic E-state index is 12.8. The van der Waals surface area contributed by atoms with Crippen molar-refractivity contribution in [3.05, 3.63) is 47.5 Å². The Kier molecular flexibility index (Phi) is 3.46. The van der Waals surface area contributed by atoms with Gasteiger partial charge in [0.2, 0.25) is 0 Å². The molecule has 1 aliphatic rings. The van der Waals surface area contributed by atoms with Crippen molar-refractivity contribution in [2.45, 2.75) is 23.6 Å². The zero-order chi connectivity index (χ0) is 14.3. The molecule has 1 atom stereocenters. The van der Waals surface area contributed by atoms with E-state index in [4.69, 9.17) is 5.73 Å². The lowest BCUT2D eigenvalue weighted by Gasteiger charge is -2.34. The van der Waals surface area contributed by atoms with E-state index in [0.717, 1.165) is 27.7 Å². The standard InChI is InChI=1S/C16H18N2OS/c1-11-7-8-15-16(12(11)2)18(10-9-17)13-5-3-4-6-14(13)20(15)19/h3-8H,9-10,17H2,1-2H3. The second kappa shape index (κ2) is 5.13. The predicted octanol–water partition coefficient (Wildman–Crippen LogP) is 2.88. The highest BCUT2D eigenvalue weighted by Gasteiger charge is 2.34. The third kappa shape index (κ3) is 1.92. The molecule has 0 amide bonds. The number of benzene rings is 2. The summed E-state index contributed by atoms with van der Waals surface area (Å²) in [5, 5.41) is 0. The Labute approximate surface area is 122 Å². The molecule has 1 aliphatic heterocycles. The minimum absolute atomic E-state index is 0.563. The molecule has 2 N–H and O–H groups in total. The smallest absolute Gasteiger partial charge is 0.182 e. The maximum Gasteiger partial charge on any atom is 0.182 e. The number of nitrogens with zero attached hydrogens (tertiary/aromatic N) is 1. The minimum atomic E-state index is -1.12. The molecule has 20 heavy (non-hydrogen) atoms. The molecule has 3 nitrogen and oxygen atoms in total. The van der Waals surface area contributed by atoms with E-state index in [9.17, 15) is 4.55 Å². The highest BCUT2D eigenvalue weighted by Crippen LogP contribution is 2.45. The van der Waals surface area contributed by atoms with Crippen LogP contribution in [0.5, 0.6) is 0 Å². The number of fused-ring (bicyclic) bond motifs is 2. The molecule has 3 rings (SSSR count). The molecule has 2 aromatic rings. The molecular formula is C16H18N2OS. The molecule has 4 heteroatoms. The van der Waals surface area contributed by atoms with E-state index in [0.29, 0.717) is 6.54 Å². The molecule has 2 aromatic carbocycles. The Hall–Kier alpha value is -1.49. The van der Waals surface area contributed by atoms with Crippen LogP contribution in [0, 0.1) is 13.8 Å². The van der Waals surface area contributed by atoms with E-state index >= 15 is 0 Å². The summed E-state index contributed by atoms with van der Waals surface area (Å²) >= 11 is -1.12. The summed E-state index contributed by atoms with van der Waals surface area (Å²) in [6.45, 7) is 5.46. The van der Waals surface area contributed by atoms with E-state index < -0.39 is 11.2 Å². The topological polar surface area (TPSA) is 52.3 Å². The van der Waals surface area contributed by atoms with Gasteiger partial charge in [0.15, 0.2) is 9.79 Å². The molecule has 0 aromatic heterocycles. The number of hydrogen-bond donors (Lipinski definition) is 1. The van der Waals surface area contributed by atoms with E-state index in [-0.39, 0.29) is 0 Å². The van der Waals surface area contributed by atoms with Gasteiger partial charge in [0, 0.05) is 24.3 Å². The number of para-hydroxylation sites is 1. The number of nitrogens with two attached hydrogens (primary N) is 1. The van der Waals surface area contributed by atoms with Gasteiger partial charge in [-0.2, -0.15) is 0 Å². The van der Waals surface area contributed by atoms with Gasteiger partial charge in [0.1, 0.15) is 5.69 Å². The van der Waals surface area contributed by atoms with Crippen molar-refractivity contribution >= 4 is 22.6 Å². The summed E-state index contributed by atoms with van der Waals surface area (Å²) < 4.78 is 12.8. The summed E-state index contributed by atoms with van der Waals surface area (Å²) in [5.74, 6) is 0. The van der Waals surface area contributed by atoms with Crippen LogP contribution < -0.4 is 10.6 Å². The maximum absolute atomic E-state index is 12.8. The molecule has 0 saturated carbocycles. The van der Waals surface area contributed by atoms with Gasteiger partial charge in [-0.3, -0.25) is 0 Å². The fourth-order valence-electron chi connectivity index (χ4n) is 2.70. The molecule has 0 spiro atoms. The second-order valence-electron chi connectivity index (χ2n) is 5.03. The van der Waals surface area contributed by atoms with Crippen LogP contribution in [-0.4, -0.2) is 17.6 Å². The fourth-order valence-corrected chi connectivity index (χ4v) is 4.14. The first kappa shape index (κ1) is 13.5. The van der Waals surface area contributed by atoms with Crippen LogP contribution in [0.15, 0.2) is 46.2 Å². The Balaban J connectivity index is 2.27. The first-order chi connectivity index (χ1) is 9.65. The Morgan fingerprint density at radius 2 is 1.85 bits per heavy atom. The van der Waals surface area contributed by atoms with Crippen LogP contribution in [-0.2, 0) is 11.2 Å². The summed E-state index contributed by atoms with van der Waals surface area (Å²) in [6, 6.07) is 11.9. The Bertz CT molecular complexity index is 657. The van der Waals surface area contributed by atoms with Gasteiger partial charge in [-0.1, -0.05) is 18.2 Å². The van der Waals surface area contributed by atoms with Gasteiger partial charge in [-0.15, -0.1) is 0 Å². The van der Waals surface area contributed by atoms with Gasteiger partial charge in [-0.25, -0.2) is 0 Å². The molecule has 0 saturated heterocycles. The van der Waals surface area contributed by atoms with Crippen molar-refractivity contribution in [2.75, 3.05) is 18.0 Å². The normalized spacial score (nSPS) is 16.8. The van der Waals surface area contributed by atoms with E-state index in [1.165, 1.54) is 11.1 Å². The Morgan fingerprint density at radius 3 is 2.60 bits per heavy atom. The summed E-state index contributed by atoms with van der Waals surface area (Å²) in [5.41, 5.74) is 10.2. The summed E-state index contributed by atoms with van der Waals surface area (Å²) in [4.78, 5) is 3.96. The van der Waals surface area contributed by atoms with Crippen molar-refractivity contribution in [3.8, 4) is 0 Å². The van der Waals surface area contributed by atoms with Gasteiger partial charge in [0.05, 0.1) is 5.69 Å². The van der Waals surface area contributed by atoms with Crippen LogP contribution in [0.1, 0.15) is 11.1 Å². The lowest BCUT2D eigenvalue weighted by molar-refractivity contribution is 0.592. The first-order valence-corrected chi connectivity index (χ1v) is 7.88. The van der Waals surface area contributed by atoms with Gasteiger partial charge >= 0.3 is 0 Å². The largest absolute Gasteiger partial charge is 0.606 e. The third-order valence-electron chi connectivity index (χ3n) is 3.84. The highest BCUT2D eigenvalue weighted by molar-refractivity contribution is 7.92. The second-order valence-corrected chi connectivity index (χ2v) is 6.45. The van der Waals surface area contributed by atoms with E-state index in [1.807, 2.05) is 36.4 Å². The SMILES string of the molecule is Cc1ccc2c(c1C)N(CCN)c1ccccc1[S+]2[O-]. The fraction of sp³-hybridized carbons (Fsp3) is 0.250. The third-order valence-corrected chi connectivity index (χ3v) is 5.32. The monoisotopic (exact) mass is 286 g/mol. The summed E-state index contributed by atoms with van der Waals surface area (Å²) in [7, 11) is 0. The van der Waals surface area contributed by atoms with Crippen LogP contribution >= 0.6 is 0 Å². The average Bonchev–Trinajstić information content (AvgIpc) is 2.47. The van der Waals surface area contributed by atoms with Gasteiger partial charge in [0.25, 0.3) is 0 Å². The number of rotatable bonds is 2. The van der Waals surface area contributed by atoms with Crippen molar-refractivity contribution in [3.63, 3.8) is 0 Å². The zero-order valence-corrected chi connectivity index (χ0v) is 12.5. The molecule has 104 valence electrons. The van der Waals surface area contributed by atoms with Crippen molar-refractivity contribution in [1.29, 1.82) is 0 Å². The van der Waals surface area contributed by atoms with Gasteiger partial charge in [-0.05, 0) is 43.2 Å². The molecule has 0 aliphatic carbocycles. The quantitative estimate of drug-likeness (QED) is 0.864. The predicted molar refractivity (Wildman–Crippen MR) is 83.1 cm³/mol. The number of aryl methyl sites for hydroxylation is 1. The van der Waals surface area contributed by atoms with Gasteiger partial charge < -0.3 is 15.2 Å². The molecule has 1 unspecified atom stereocenters. The van der Waals surface area contributed by atoms with Crippen molar-refractivity contribution < 1.29 is 4.55 Å². The lowest BCUT2D eigenvalue weighted by atomic mass is 10.1. The van der Waals surface area contributed by atoms with Crippen LogP contribution in [0.3, 0.4) is 0 Å². The minimum Gasteiger partial charge on any atom is -0.606 e. The number of anilines is 2. The van der Waals surface area contributed by atoms with Crippen LogP contribution in [0.25, 0.3) is 0 Å². The molecule has 0 bridgehead atoms. The first-order valence-electron chi connectivity index (χ1n) is 6.73. The van der Waals surface area contributed by atoms with Crippen molar-refractivity contribution in [1.82, 2.24) is 0 Å². The highest BCUT2D eigenvalue weighted by atomic mass is 32.2. The number of hydrogen-bond acceptors (Lipinski definition) is 3. The lowest BCUT2D eigenvalue weighted by Crippen LogP contribution is -2.31. The Morgan fingerprint density at radius 1 is 1.10 bits per heavy atom. The van der Waals surface area contributed by atoms with Crippen LogP contribution in [0.2, 0.25) is 0 Å². The molecule has 1 heterocycles. The average molecular weight is 286 g/mol.